The molecule has 0 radical (unpaired) electrons. The molecule has 0 bridgehead atoms. The highest BCUT2D eigenvalue weighted by Crippen LogP contribution is 2.45. The topological polar surface area (TPSA) is 237 Å². The lowest BCUT2D eigenvalue weighted by atomic mass is 9.99. The largest absolute Gasteiger partial charge is 0.472 e. The number of hydrogen-bond donors (Lipinski definition) is 3. The van der Waals surface area contributed by atoms with Gasteiger partial charge in [0.05, 0.1) is 26.4 Å². The quantitative estimate of drug-likeness (QED) is 0.0222. The van der Waals surface area contributed by atoms with Gasteiger partial charge in [0.1, 0.15) is 19.3 Å². The molecule has 0 fully saturated rings. The van der Waals surface area contributed by atoms with Crippen LogP contribution in [0, 0.1) is 11.8 Å². The van der Waals surface area contributed by atoms with E-state index in [2.05, 4.69) is 41.5 Å². The van der Waals surface area contributed by atoms with Crippen LogP contribution < -0.4 is 0 Å². The molecule has 576 valence electrons. The second-order valence-electron chi connectivity index (χ2n) is 28.8. The number of ether oxygens (including phenoxy) is 4. The van der Waals surface area contributed by atoms with Crippen LogP contribution in [0.15, 0.2) is 0 Å². The fourth-order valence-electron chi connectivity index (χ4n) is 12.0. The standard InChI is InChI=1S/C78H152O17P2/c1-7-10-12-14-16-18-20-22-24-25-30-33-37-41-48-54-60-75(80)88-66-73(94-77(82)63-57-51-43-39-35-31-27-26-28-32-36-40-47-53-59-71(6)9-3)68-92-96(84,85)90-64-72(79)65-91-97(86,87)93-69-74(67-89-76(81)61-55-49-45-44-46-52-58-70(4)5)95-78(83)62-56-50-42-38-34-29-23-21-19-17-15-13-11-8-2/h70-74,79H,7-69H2,1-6H3,(H,84,85)(H,86,87)/t71?,72-,73-,74-/m1/s1. The highest BCUT2D eigenvalue weighted by Gasteiger charge is 2.30. The highest BCUT2D eigenvalue weighted by molar-refractivity contribution is 7.47. The van der Waals surface area contributed by atoms with Gasteiger partial charge in [-0.2, -0.15) is 0 Å². The Balaban J connectivity index is 5.23. The Morgan fingerprint density at radius 1 is 0.299 bits per heavy atom. The minimum absolute atomic E-state index is 0.107. The van der Waals surface area contributed by atoms with Crippen molar-refractivity contribution in [2.45, 2.75) is 426 Å². The average Bonchev–Trinajstić information content (AvgIpc) is 1.38. The zero-order valence-electron chi connectivity index (χ0n) is 63.4. The van der Waals surface area contributed by atoms with Crippen LogP contribution in [-0.2, 0) is 65.4 Å². The molecule has 97 heavy (non-hydrogen) atoms. The van der Waals surface area contributed by atoms with Crippen molar-refractivity contribution in [3.8, 4) is 0 Å². The Kier molecular flexibility index (Phi) is 68.4. The molecule has 3 unspecified atom stereocenters. The van der Waals surface area contributed by atoms with Crippen molar-refractivity contribution in [1.29, 1.82) is 0 Å². The summed E-state index contributed by atoms with van der Waals surface area (Å²) in [6, 6.07) is 0. The normalized spacial score (nSPS) is 14.2. The predicted octanol–water partition coefficient (Wildman–Crippen LogP) is 23.1. The number of phosphoric acid groups is 2. The van der Waals surface area contributed by atoms with E-state index in [1.807, 2.05) is 0 Å². The van der Waals surface area contributed by atoms with Crippen molar-refractivity contribution in [3.63, 3.8) is 0 Å². The third-order valence-corrected chi connectivity index (χ3v) is 20.5. The maximum absolute atomic E-state index is 13.1. The molecule has 0 spiro atoms. The molecular weight excluding hydrogens is 1270 g/mol. The van der Waals surface area contributed by atoms with Crippen molar-refractivity contribution in [2.24, 2.45) is 11.8 Å². The second kappa shape index (κ2) is 69.8. The zero-order chi connectivity index (χ0) is 71.4. The number of aliphatic hydroxyl groups excluding tert-OH is 1. The van der Waals surface area contributed by atoms with Crippen molar-refractivity contribution in [3.05, 3.63) is 0 Å². The van der Waals surface area contributed by atoms with E-state index in [1.165, 1.54) is 218 Å². The van der Waals surface area contributed by atoms with E-state index in [0.717, 1.165) is 102 Å². The Morgan fingerprint density at radius 2 is 0.526 bits per heavy atom. The molecule has 0 aromatic carbocycles. The smallest absolute Gasteiger partial charge is 0.462 e. The van der Waals surface area contributed by atoms with Gasteiger partial charge in [0.25, 0.3) is 0 Å². The lowest BCUT2D eigenvalue weighted by Crippen LogP contribution is -2.30. The number of aliphatic hydroxyl groups is 1. The summed E-state index contributed by atoms with van der Waals surface area (Å²) in [5.41, 5.74) is 0. The summed E-state index contributed by atoms with van der Waals surface area (Å²) in [4.78, 5) is 72.9. The molecule has 17 nitrogen and oxygen atoms in total. The summed E-state index contributed by atoms with van der Waals surface area (Å²) < 4.78 is 68.6. The molecule has 0 aliphatic rings. The lowest BCUT2D eigenvalue weighted by molar-refractivity contribution is -0.161. The predicted molar refractivity (Wildman–Crippen MR) is 395 cm³/mol. The van der Waals surface area contributed by atoms with Crippen LogP contribution in [0.1, 0.15) is 408 Å². The second-order valence-corrected chi connectivity index (χ2v) is 31.7. The lowest BCUT2D eigenvalue weighted by Gasteiger charge is -2.21. The van der Waals surface area contributed by atoms with Crippen molar-refractivity contribution < 1.29 is 80.2 Å². The Hall–Kier alpha value is -1.94. The summed E-state index contributed by atoms with van der Waals surface area (Å²) in [7, 11) is -9.91. The van der Waals surface area contributed by atoms with E-state index >= 15 is 0 Å². The molecule has 0 saturated heterocycles. The first-order valence-corrected chi connectivity index (χ1v) is 43.5. The minimum atomic E-state index is -4.96. The first-order chi connectivity index (χ1) is 46.9. The van der Waals surface area contributed by atoms with Crippen LogP contribution in [-0.4, -0.2) is 96.7 Å². The molecule has 0 aliphatic heterocycles. The van der Waals surface area contributed by atoms with E-state index in [1.54, 1.807) is 0 Å². The molecule has 0 rings (SSSR count). The van der Waals surface area contributed by atoms with Crippen LogP contribution in [0.4, 0.5) is 0 Å². The van der Waals surface area contributed by atoms with Gasteiger partial charge >= 0.3 is 39.5 Å². The molecule has 0 aromatic rings. The molecule has 0 aliphatic carbocycles. The number of hydrogen-bond acceptors (Lipinski definition) is 15. The molecular formula is C78H152O17P2. The summed E-state index contributed by atoms with van der Waals surface area (Å²) >= 11 is 0. The molecule has 0 amide bonds. The SMILES string of the molecule is CCCCCCCCCCCCCCCCCCC(=O)OC[C@H](COP(=O)(O)OC[C@@H](O)COP(=O)(O)OC[C@@H](COC(=O)CCCCCCCCC(C)C)OC(=O)CCCCCCCCCCCCCCCC)OC(=O)CCCCCCCCCCCCCCCCC(C)CC. The molecule has 6 atom stereocenters. The van der Waals surface area contributed by atoms with Crippen LogP contribution in [0.25, 0.3) is 0 Å². The number of unbranched alkanes of at least 4 members (excludes halogenated alkanes) is 46. The van der Waals surface area contributed by atoms with Crippen molar-refractivity contribution >= 4 is 39.5 Å². The number of carbonyl (C=O) groups is 4. The minimum Gasteiger partial charge on any atom is -0.462 e. The molecule has 19 heteroatoms. The zero-order valence-corrected chi connectivity index (χ0v) is 65.2. The van der Waals surface area contributed by atoms with Gasteiger partial charge in [-0.1, -0.05) is 356 Å². The summed E-state index contributed by atoms with van der Waals surface area (Å²) in [6.45, 7) is 9.59. The average molecular weight is 1420 g/mol. The summed E-state index contributed by atoms with van der Waals surface area (Å²) in [5, 5.41) is 10.6. The van der Waals surface area contributed by atoms with E-state index in [4.69, 9.17) is 37.0 Å². The van der Waals surface area contributed by atoms with Gasteiger partial charge in [0.2, 0.25) is 0 Å². The molecule has 0 saturated carbocycles. The van der Waals surface area contributed by atoms with Gasteiger partial charge < -0.3 is 33.8 Å². The Labute approximate surface area is 594 Å². The Bertz CT molecular complexity index is 1870. The first kappa shape index (κ1) is 95.1. The molecule has 0 heterocycles. The van der Waals surface area contributed by atoms with E-state index in [-0.39, 0.29) is 25.7 Å². The first-order valence-electron chi connectivity index (χ1n) is 40.5. The van der Waals surface area contributed by atoms with Crippen LogP contribution in [0.5, 0.6) is 0 Å². The maximum Gasteiger partial charge on any atom is 0.472 e. The Morgan fingerprint density at radius 3 is 0.784 bits per heavy atom. The summed E-state index contributed by atoms with van der Waals surface area (Å²) in [6.07, 6.45) is 58.3. The van der Waals surface area contributed by atoms with Gasteiger partial charge in [0, 0.05) is 25.7 Å². The van der Waals surface area contributed by atoms with Gasteiger partial charge in [0.15, 0.2) is 12.2 Å². The fourth-order valence-corrected chi connectivity index (χ4v) is 13.6. The van der Waals surface area contributed by atoms with Crippen LogP contribution >= 0.6 is 15.6 Å². The van der Waals surface area contributed by atoms with E-state index in [9.17, 15) is 43.2 Å². The van der Waals surface area contributed by atoms with Crippen LogP contribution in [0.2, 0.25) is 0 Å². The summed E-state index contributed by atoms with van der Waals surface area (Å²) in [5.74, 6) is -0.587. The van der Waals surface area contributed by atoms with E-state index < -0.39 is 97.5 Å². The van der Waals surface area contributed by atoms with Crippen molar-refractivity contribution in [1.82, 2.24) is 0 Å². The van der Waals surface area contributed by atoms with Gasteiger partial charge in [-0.15, -0.1) is 0 Å². The third kappa shape index (κ3) is 70.9. The number of phosphoric ester groups is 2. The highest BCUT2D eigenvalue weighted by atomic mass is 31.2. The van der Waals surface area contributed by atoms with Crippen molar-refractivity contribution in [2.75, 3.05) is 39.6 Å². The van der Waals surface area contributed by atoms with Gasteiger partial charge in [-0.3, -0.25) is 37.3 Å². The maximum atomic E-state index is 13.1. The van der Waals surface area contributed by atoms with E-state index in [0.29, 0.717) is 31.6 Å². The van der Waals surface area contributed by atoms with Crippen LogP contribution in [0.3, 0.4) is 0 Å². The van der Waals surface area contributed by atoms with Gasteiger partial charge in [-0.05, 0) is 37.5 Å². The molecule has 3 N–H and O–H groups in total. The third-order valence-electron chi connectivity index (χ3n) is 18.6. The molecule has 0 aromatic heterocycles. The number of esters is 4. The fraction of sp³-hybridized carbons (Fsp3) is 0.949. The number of carbonyl (C=O) groups excluding carboxylic acids is 4. The number of rotatable bonds is 77. The monoisotopic (exact) mass is 1420 g/mol. The van der Waals surface area contributed by atoms with Gasteiger partial charge in [-0.25, -0.2) is 9.13 Å².